The van der Waals surface area contributed by atoms with Gasteiger partial charge in [0.15, 0.2) is 0 Å². The molecule has 2 atom stereocenters. The molecule has 1 aliphatic rings. The molecule has 0 radical (unpaired) electrons. The molecule has 1 fully saturated rings. The molecular weight excluding hydrogens is 150 g/mol. The molecule has 2 heterocycles. The molecule has 0 amide bonds. The summed E-state index contributed by atoms with van der Waals surface area (Å²) < 4.78 is 0. The molecule has 0 aliphatic carbocycles. The van der Waals surface area contributed by atoms with E-state index in [-0.39, 0.29) is 0 Å². The summed E-state index contributed by atoms with van der Waals surface area (Å²) in [5.74, 6) is 0.650. The Balaban J connectivity index is 2.13. The van der Waals surface area contributed by atoms with E-state index in [0.29, 0.717) is 12.0 Å². The van der Waals surface area contributed by atoms with Crippen molar-refractivity contribution in [3.05, 3.63) is 18.2 Å². The van der Waals surface area contributed by atoms with Crippen molar-refractivity contribution in [2.45, 2.75) is 31.7 Å². The zero-order chi connectivity index (χ0) is 8.39. The zero-order valence-corrected chi connectivity index (χ0v) is 7.38. The number of aromatic nitrogens is 2. The Morgan fingerprint density at radius 2 is 2.58 bits per heavy atom. The van der Waals surface area contributed by atoms with Gasteiger partial charge in [0.05, 0.1) is 6.33 Å². The van der Waals surface area contributed by atoms with Crippen molar-refractivity contribution >= 4 is 0 Å². The fourth-order valence-corrected chi connectivity index (χ4v) is 2.04. The summed E-state index contributed by atoms with van der Waals surface area (Å²) in [5, 5.41) is 3.50. The first-order valence-corrected chi connectivity index (χ1v) is 4.63. The number of aromatic amines is 1. The molecule has 2 rings (SSSR count). The molecule has 0 saturated carbocycles. The third kappa shape index (κ3) is 1.25. The number of hydrogen-bond acceptors (Lipinski definition) is 2. The molecule has 0 aromatic carbocycles. The molecule has 1 aromatic rings. The van der Waals surface area contributed by atoms with Gasteiger partial charge in [-0.25, -0.2) is 4.98 Å². The lowest BCUT2D eigenvalue weighted by molar-refractivity contribution is 0.524. The van der Waals surface area contributed by atoms with Crippen LogP contribution in [0.15, 0.2) is 12.5 Å². The molecule has 0 bridgehead atoms. The van der Waals surface area contributed by atoms with Gasteiger partial charge in [-0.2, -0.15) is 0 Å². The molecule has 3 nitrogen and oxygen atoms in total. The summed E-state index contributed by atoms with van der Waals surface area (Å²) in [7, 11) is 0. The average Bonchev–Trinajstić information content (AvgIpc) is 2.74. The largest absolute Gasteiger partial charge is 0.348 e. The van der Waals surface area contributed by atoms with Gasteiger partial charge >= 0.3 is 0 Å². The van der Waals surface area contributed by atoms with Crippen LogP contribution in [0, 0.1) is 0 Å². The van der Waals surface area contributed by atoms with Crippen LogP contribution >= 0.6 is 0 Å². The van der Waals surface area contributed by atoms with Crippen LogP contribution in [0.25, 0.3) is 0 Å². The van der Waals surface area contributed by atoms with Crippen molar-refractivity contribution in [1.29, 1.82) is 0 Å². The maximum Gasteiger partial charge on any atom is 0.0921 e. The SMILES string of the molecule is CC[C@@H]1NCC[C@H]1c1cnc[nH]1. The number of imidazole rings is 1. The Morgan fingerprint density at radius 3 is 3.25 bits per heavy atom. The minimum atomic E-state index is 0.644. The third-order valence-corrected chi connectivity index (χ3v) is 2.71. The lowest BCUT2D eigenvalue weighted by Gasteiger charge is -2.15. The molecule has 66 valence electrons. The lowest BCUT2D eigenvalue weighted by Crippen LogP contribution is -2.24. The first-order valence-electron chi connectivity index (χ1n) is 4.63. The quantitative estimate of drug-likeness (QED) is 0.692. The van der Waals surface area contributed by atoms with Crippen LogP contribution in [0.2, 0.25) is 0 Å². The highest BCUT2D eigenvalue weighted by Crippen LogP contribution is 2.27. The van der Waals surface area contributed by atoms with Crippen molar-refractivity contribution in [1.82, 2.24) is 15.3 Å². The van der Waals surface area contributed by atoms with Gasteiger partial charge in [-0.05, 0) is 19.4 Å². The Kier molecular flexibility index (Phi) is 2.13. The number of nitrogens with one attached hydrogen (secondary N) is 2. The monoisotopic (exact) mass is 165 g/mol. The smallest absolute Gasteiger partial charge is 0.0921 e. The molecule has 2 N–H and O–H groups in total. The summed E-state index contributed by atoms with van der Waals surface area (Å²) in [6, 6.07) is 0.644. The van der Waals surface area contributed by atoms with E-state index in [4.69, 9.17) is 0 Å². The van der Waals surface area contributed by atoms with E-state index in [9.17, 15) is 0 Å². The van der Waals surface area contributed by atoms with Crippen LogP contribution in [0.4, 0.5) is 0 Å². The van der Waals surface area contributed by atoms with Gasteiger partial charge in [0.25, 0.3) is 0 Å². The topological polar surface area (TPSA) is 40.7 Å². The first kappa shape index (κ1) is 7.80. The second-order valence-electron chi connectivity index (χ2n) is 3.37. The third-order valence-electron chi connectivity index (χ3n) is 2.71. The highest BCUT2D eigenvalue weighted by Gasteiger charge is 2.27. The second-order valence-corrected chi connectivity index (χ2v) is 3.37. The predicted octanol–water partition coefficient (Wildman–Crippen LogP) is 1.27. The van der Waals surface area contributed by atoms with Gasteiger partial charge in [-0.15, -0.1) is 0 Å². The number of nitrogens with zero attached hydrogens (tertiary/aromatic N) is 1. The van der Waals surface area contributed by atoms with Gasteiger partial charge in [0.1, 0.15) is 0 Å². The van der Waals surface area contributed by atoms with E-state index in [1.54, 1.807) is 6.33 Å². The van der Waals surface area contributed by atoms with Gasteiger partial charge in [0.2, 0.25) is 0 Å². The van der Waals surface area contributed by atoms with E-state index in [2.05, 4.69) is 22.2 Å². The van der Waals surface area contributed by atoms with Crippen LogP contribution in [0.1, 0.15) is 31.4 Å². The zero-order valence-electron chi connectivity index (χ0n) is 7.38. The van der Waals surface area contributed by atoms with Crippen molar-refractivity contribution in [2.75, 3.05) is 6.54 Å². The summed E-state index contributed by atoms with van der Waals surface area (Å²) in [6.07, 6.45) is 6.14. The summed E-state index contributed by atoms with van der Waals surface area (Å²) in [4.78, 5) is 7.24. The molecule has 3 heteroatoms. The fourth-order valence-electron chi connectivity index (χ4n) is 2.04. The van der Waals surface area contributed by atoms with Crippen LogP contribution < -0.4 is 5.32 Å². The van der Waals surface area contributed by atoms with E-state index in [0.717, 1.165) is 6.54 Å². The number of H-pyrrole nitrogens is 1. The predicted molar refractivity (Wildman–Crippen MR) is 48.0 cm³/mol. The van der Waals surface area contributed by atoms with Crippen LogP contribution in [-0.2, 0) is 0 Å². The highest BCUT2D eigenvalue weighted by atomic mass is 15.0. The maximum absolute atomic E-state index is 4.05. The molecule has 1 saturated heterocycles. The van der Waals surface area contributed by atoms with Gasteiger partial charge in [-0.1, -0.05) is 6.92 Å². The summed E-state index contributed by atoms with van der Waals surface area (Å²) in [6.45, 7) is 3.37. The molecule has 1 aromatic heterocycles. The van der Waals surface area contributed by atoms with Crippen LogP contribution in [-0.4, -0.2) is 22.6 Å². The molecular formula is C9H15N3. The van der Waals surface area contributed by atoms with E-state index >= 15 is 0 Å². The number of rotatable bonds is 2. The highest BCUT2D eigenvalue weighted by molar-refractivity contribution is 5.10. The molecule has 1 aliphatic heterocycles. The maximum atomic E-state index is 4.05. The van der Waals surface area contributed by atoms with Crippen molar-refractivity contribution < 1.29 is 0 Å². The van der Waals surface area contributed by atoms with Crippen molar-refractivity contribution in [2.24, 2.45) is 0 Å². The van der Waals surface area contributed by atoms with Crippen molar-refractivity contribution in [3.8, 4) is 0 Å². The first-order chi connectivity index (χ1) is 5.92. The number of hydrogen-bond donors (Lipinski definition) is 2. The summed E-state index contributed by atoms with van der Waals surface area (Å²) >= 11 is 0. The molecule has 0 spiro atoms. The summed E-state index contributed by atoms with van der Waals surface area (Å²) in [5.41, 5.74) is 1.28. The van der Waals surface area contributed by atoms with E-state index in [1.165, 1.54) is 18.5 Å². The van der Waals surface area contributed by atoms with Crippen LogP contribution in [0.5, 0.6) is 0 Å². The lowest BCUT2D eigenvalue weighted by atomic mass is 9.96. The Labute approximate surface area is 72.6 Å². The Hall–Kier alpha value is -0.830. The van der Waals surface area contributed by atoms with Gasteiger partial charge < -0.3 is 10.3 Å². The average molecular weight is 165 g/mol. The molecule has 12 heavy (non-hydrogen) atoms. The Bertz CT molecular complexity index is 230. The van der Waals surface area contributed by atoms with Crippen LogP contribution in [0.3, 0.4) is 0 Å². The van der Waals surface area contributed by atoms with Gasteiger partial charge in [-0.3, -0.25) is 0 Å². The van der Waals surface area contributed by atoms with Crippen molar-refractivity contribution in [3.63, 3.8) is 0 Å². The van der Waals surface area contributed by atoms with E-state index in [1.807, 2.05) is 6.20 Å². The second kappa shape index (κ2) is 3.27. The molecule has 0 unspecified atom stereocenters. The minimum absolute atomic E-state index is 0.644. The van der Waals surface area contributed by atoms with Gasteiger partial charge in [0, 0.05) is 23.9 Å². The van der Waals surface area contributed by atoms with E-state index < -0.39 is 0 Å². The normalized spacial score (nSPS) is 29.4. The fraction of sp³-hybridized carbons (Fsp3) is 0.667. The standard InChI is InChI=1S/C9H15N3/c1-2-8-7(3-4-11-8)9-5-10-6-12-9/h5-8,11H,2-4H2,1H3,(H,10,12)/t7-,8+/m1/s1. The Morgan fingerprint density at radius 1 is 1.67 bits per heavy atom. The minimum Gasteiger partial charge on any atom is -0.348 e.